The topological polar surface area (TPSA) is 123 Å². The monoisotopic (exact) mass is 430 g/mol. The fourth-order valence-electron chi connectivity index (χ4n) is 2.71. The quantitative estimate of drug-likeness (QED) is 0.353. The first-order chi connectivity index (χ1) is 15.3. The third-order valence-electron chi connectivity index (χ3n) is 4.63. The van der Waals surface area contributed by atoms with E-state index in [2.05, 4.69) is 21.1 Å². The molecular formula is C24H22N4O4. The molecule has 0 aliphatic rings. The van der Waals surface area contributed by atoms with Gasteiger partial charge >= 0.3 is 0 Å². The fraction of sp³-hybridized carbons (Fsp3) is 0.0833. The summed E-state index contributed by atoms with van der Waals surface area (Å²) < 4.78 is 0. The van der Waals surface area contributed by atoms with Crippen molar-refractivity contribution in [3.63, 3.8) is 0 Å². The van der Waals surface area contributed by atoms with Gasteiger partial charge in [-0.2, -0.15) is 10.2 Å². The molecular weight excluding hydrogens is 408 g/mol. The summed E-state index contributed by atoms with van der Waals surface area (Å²) in [6.07, 6.45) is 0. The minimum Gasteiger partial charge on any atom is -0.508 e. The Hall–Kier alpha value is -4.46. The number of hydrogen-bond donors (Lipinski definition) is 4. The summed E-state index contributed by atoms with van der Waals surface area (Å²) in [5.74, 6) is -0.542. The van der Waals surface area contributed by atoms with E-state index in [1.807, 2.05) is 0 Å². The number of rotatable bonds is 6. The molecule has 0 aliphatic carbocycles. The van der Waals surface area contributed by atoms with Gasteiger partial charge in [-0.3, -0.25) is 9.59 Å². The third-order valence-corrected chi connectivity index (χ3v) is 4.63. The zero-order valence-corrected chi connectivity index (χ0v) is 17.5. The lowest BCUT2D eigenvalue weighted by atomic mass is 10.1. The van der Waals surface area contributed by atoms with Crippen LogP contribution in [0.25, 0.3) is 0 Å². The van der Waals surface area contributed by atoms with Gasteiger partial charge in [0.2, 0.25) is 0 Å². The van der Waals surface area contributed by atoms with E-state index >= 15 is 0 Å². The number of benzene rings is 3. The maximum Gasteiger partial charge on any atom is 0.271 e. The number of hydrogen-bond acceptors (Lipinski definition) is 6. The van der Waals surface area contributed by atoms with E-state index in [4.69, 9.17) is 0 Å². The lowest BCUT2D eigenvalue weighted by Crippen LogP contribution is -2.21. The standard InChI is InChI=1S/C24H22N4O4/c1-15(17-7-11-21(29)12-8-17)25-27-23(31)19-3-5-20(6-4-19)24(32)28-26-16(2)18-9-13-22(30)14-10-18/h3-14,29-30H,1-2H3,(H,27,31)(H,28,32). The van der Waals surface area contributed by atoms with Crippen molar-refractivity contribution >= 4 is 23.2 Å². The molecule has 0 radical (unpaired) electrons. The molecule has 32 heavy (non-hydrogen) atoms. The van der Waals surface area contributed by atoms with Crippen molar-refractivity contribution in [3.05, 3.63) is 95.1 Å². The van der Waals surface area contributed by atoms with Gasteiger partial charge in [-0.15, -0.1) is 0 Å². The second-order valence-electron chi connectivity index (χ2n) is 6.95. The van der Waals surface area contributed by atoms with E-state index in [0.717, 1.165) is 11.1 Å². The number of nitrogens with one attached hydrogen (secondary N) is 2. The summed E-state index contributed by atoms with van der Waals surface area (Å²) in [5.41, 5.74) is 8.30. The number of hydrazone groups is 2. The highest BCUT2D eigenvalue weighted by Gasteiger charge is 2.09. The van der Waals surface area contributed by atoms with Gasteiger partial charge in [-0.05, 0) is 97.8 Å². The highest BCUT2D eigenvalue weighted by molar-refractivity contribution is 6.02. The average Bonchev–Trinajstić information content (AvgIpc) is 2.81. The molecule has 8 nitrogen and oxygen atoms in total. The van der Waals surface area contributed by atoms with E-state index in [1.54, 1.807) is 38.1 Å². The van der Waals surface area contributed by atoms with Gasteiger partial charge in [-0.25, -0.2) is 10.9 Å². The Morgan fingerprint density at radius 3 is 1.16 bits per heavy atom. The number of phenols is 2. The van der Waals surface area contributed by atoms with Gasteiger partial charge in [0.15, 0.2) is 0 Å². The van der Waals surface area contributed by atoms with Crippen LogP contribution in [0.2, 0.25) is 0 Å². The minimum atomic E-state index is -0.420. The molecule has 4 N–H and O–H groups in total. The normalized spacial score (nSPS) is 11.7. The van der Waals surface area contributed by atoms with Gasteiger partial charge in [0.1, 0.15) is 11.5 Å². The van der Waals surface area contributed by atoms with Crippen LogP contribution in [0, 0.1) is 0 Å². The molecule has 0 bridgehead atoms. The number of amides is 2. The van der Waals surface area contributed by atoms with Gasteiger partial charge in [-0.1, -0.05) is 0 Å². The lowest BCUT2D eigenvalue weighted by Gasteiger charge is -2.05. The van der Waals surface area contributed by atoms with Crippen LogP contribution in [0.1, 0.15) is 45.7 Å². The minimum absolute atomic E-state index is 0.149. The average molecular weight is 430 g/mol. The van der Waals surface area contributed by atoms with Crippen LogP contribution in [0.3, 0.4) is 0 Å². The van der Waals surface area contributed by atoms with E-state index in [-0.39, 0.29) is 11.5 Å². The predicted molar refractivity (Wildman–Crippen MR) is 122 cm³/mol. The summed E-state index contributed by atoms with van der Waals surface area (Å²) in [6.45, 7) is 3.47. The number of nitrogens with zero attached hydrogens (tertiary/aromatic N) is 2. The van der Waals surface area contributed by atoms with E-state index < -0.39 is 11.8 Å². The van der Waals surface area contributed by atoms with Gasteiger partial charge in [0.25, 0.3) is 11.8 Å². The number of aromatic hydroxyl groups is 2. The van der Waals surface area contributed by atoms with Gasteiger partial charge in [0, 0.05) is 11.1 Å². The Balaban J connectivity index is 1.59. The molecule has 3 rings (SSSR count). The Kier molecular flexibility index (Phi) is 6.97. The van der Waals surface area contributed by atoms with Crippen LogP contribution in [0.4, 0.5) is 0 Å². The zero-order chi connectivity index (χ0) is 23.1. The van der Waals surface area contributed by atoms with Crippen molar-refractivity contribution in [3.8, 4) is 11.5 Å². The van der Waals surface area contributed by atoms with Crippen molar-refractivity contribution in [2.75, 3.05) is 0 Å². The van der Waals surface area contributed by atoms with E-state index in [9.17, 15) is 19.8 Å². The van der Waals surface area contributed by atoms with Crippen LogP contribution in [-0.2, 0) is 0 Å². The Morgan fingerprint density at radius 1 is 0.562 bits per heavy atom. The van der Waals surface area contributed by atoms with Gasteiger partial charge < -0.3 is 10.2 Å². The maximum absolute atomic E-state index is 12.3. The van der Waals surface area contributed by atoms with Crippen molar-refractivity contribution in [2.24, 2.45) is 10.2 Å². The molecule has 8 heteroatoms. The molecule has 0 saturated heterocycles. The largest absolute Gasteiger partial charge is 0.508 e. The van der Waals surface area contributed by atoms with Crippen molar-refractivity contribution in [2.45, 2.75) is 13.8 Å². The molecule has 0 aliphatic heterocycles. The van der Waals surface area contributed by atoms with Crippen molar-refractivity contribution in [1.82, 2.24) is 10.9 Å². The Bertz CT molecular complexity index is 1070. The molecule has 0 fully saturated rings. The number of carbonyl (C=O) groups is 2. The third kappa shape index (κ3) is 5.79. The molecule has 3 aromatic carbocycles. The van der Waals surface area contributed by atoms with Crippen molar-refractivity contribution in [1.29, 1.82) is 0 Å². The summed E-state index contributed by atoms with van der Waals surface area (Å²) in [6, 6.07) is 19.0. The SMILES string of the molecule is CC(=NNC(=O)c1ccc(C(=O)NN=C(C)c2ccc(O)cc2)cc1)c1ccc(O)cc1. The van der Waals surface area contributed by atoms with Crippen LogP contribution in [0.15, 0.2) is 83.0 Å². The molecule has 0 saturated carbocycles. The first kappa shape index (κ1) is 22.2. The summed E-state index contributed by atoms with van der Waals surface area (Å²) in [4.78, 5) is 24.6. The molecule has 0 aromatic heterocycles. The first-order valence-electron chi connectivity index (χ1n) is 9.71. The lowest BCUT2D eigenvalue weighted by molar-refractivity contribution is 0.0943. The van der Waals surface area contributed by atoms with Crippen LogP contribution in [0.5, 0.6) is 11.5 Å². The highest BCUT2D eigenvalue weighted by atomic mass is 16.3. The van der Waals surface area contributed by atoms with Crippen molar-refractivity contribution < 1.29 is 19.8 Å². The summed E-state index contributed by atoms with van der Waals surface area (Å²) in [7, 11) is 0. The van der Waals surface area contributed by atoms with Gasteiger partial charge in [0.05, 0.1) is 11.4 Å². The van der Waals surface area contributed by atoms with Crippen LogP contribution in [-0.4, -0.2) is 33.5 Å². The number of carbonyl (C=O) groups excluding carboxylic acids is 2. The first-order valence-corrected chi connectivity index (χ1v) is 9.71. The predicted octanol–water partition coefficient (Wildman–Crippen LogP) is 3.41. The van der Waals surface area contributed by atoms with Crippen LogP contribution >= 0.6 is 0 Å². The maximum atomic E-state index is 12.3. The molecule has 0 spiro atoms. The van der Waals surface area contributed by atoms with E-state index in [0.29, 0.717) is 22.6 Å². The second-order valence-corrected chi connectivity index (χ2v) is 6.95. The second kappa shape index (κ2) is 10.0. The molecule has 0 heterocycles. The number of phenolic OH excluding ortho intramolecular Hbond substituents is 2. The summed E-state index contributed by atoms with van der Waals surface area (Å²) >= 11 is 0. The molecule has 0 atom stereocenters. The van der Waals surface area contributed by atoms with E-state index in [1.165, 1.54) is 48.5 Å². The smallest absolute Gasteiger partial charge is 0.271 e. The molecule has 0 unspecified atom stereocenters. The molecule has 2 amide bonds. The molecule has 162 valence electrons. The fourth-order valence-corrected chi connectivity index (χ4v) is 2.71. The Morgan fingerprint density at radius 2 is 0.844 bits per heavy atom. The zero-order valence-electron chi connectivity index (χ0n) is 17.5. The summed E-state index contributed by atoms with van der Waals surface area (Å²) in [5, 5.41) is 26.8. The highest BCUT2D eigenvalue weighted by Crippen LogP contribution is 2.11. The van der Waals surface area contributed by atoms with Crippen LogP contribution < -0.4 is 10.9 Å². The Labute approximate surface area is 184 Å². The molecule has 3 aromatic rings.